The minimum Gasteiger partial charge on any atom is -0.314 e. The summed E-state index contributed by atoms with van der Waals surface area (Å²) in [5.74, 6) is 0. The van der Waals surface area contributed by atoms with Gasteiger partial charge < -0.3 is 5.32 Å². The van der Waals surface area contributed by atoms with Gasteiger partial charge in [-0.25, -0.2) is 0 Å². The minimum atomic E-state index is 0.330. The third-order valence-corrected chi connectivity index (χ3v) is 5.08. The first-order valence-electron chi connectivity index (χ1n) is 7.97. The largest absolute Gasteiger partial charge is 0.314 e. The van der Waals surface area contributed by atoms with E-state index in [1.54, 1.807) is 0 Å². The normalized spacial score (nSPS) is 25.0. The first-order valence-corrected chi connectivity index (χ1v) is 8.72. The van der Waals surface area contributed by atoms with Gasteiger partial charge in [0, 0.05) is 34.7 Å². The van der Waals surface area contributed by atoms with Gasteiger partial charge in [0.25, 0.3) is 0 Å². The van der Waals surface area contributed by atoms with Crippen molar-refractivity contribution in [1.29, 1.82) is 0 Å². The highest BCUT2D eigenvalue weighted by Crippen LogP contribution is 2.33. The molecule has 3 unspecified atom stereocenters. The van der Waals surface area contributed by atoms with Gasteiger partial charge in [-0.2, -0.15) is 0 Å². The van der Waals surface area contributed by atoms with E-state index in [0.717, 1.165) is 18.1 Å². The maximum atomic E-state index is 6.37. The van der Waals surface area contributed by atoms with Crippen molar-refractivity contribution < 1.29 is 0 Å². The molecule has 1 saturated heterocycles. The average molecular weight is 329 g/mol. The van der Waals surface area contributed by atoms with Crippen molar-refractivity contribution in [2.75, 3.05) is 13.1 Å². The van der Waals surface area contributed by atoms with Gasteiger partial charge in [0.15, 0.2) is 0 Å². The fraction of sp³-hybridized carbons (Fsp3) is 0.647. The lowest BCUT2D eigenvalue weighted by Crippen LogP contribution is -2.48. The van der Waals surface area contributed by atoms with Gasteiger partial charge in [-0.15, -0.1) is 0 Å². The topological polar surface area (TPSA) is 15.3 Å². The lowest BCUT2D eigenvalue weighted by atomic mass is 9.94. The molecule has 0 radical (unpaired) electrons. The molecule has 21 heavy (non-hydrogen) atoms. The number of rotatable bonds is 5. The summed E-state index contributed by atoms with van der Waals surface area (Å²) < 4.78 is 0. The van der Waals surface area contributed by atoms with E-state index in [4.69, 9.17) is 23.2 Å². The molecule has 1 aromatic rings. The number of hydrogen-bond acceptors (Lipinski definition) is 2. The Morgan fingerprint density at radius 3 is 2.76 bits per heavy atom. The molecule has 2 nitrogen and oxygen atoms in total. The molecule has 1 N–H and O–H groups in total. The number of likely N-dealkylation sites (tertiary alicyclic amines) is 1. The van der Waals surface area contributed by atoms with Crippen LogP contribution in [0.15, 0.2) is 18.2 Å². The molecule has 0 spiro atoms. The molecule has 0 bridgehead atoms. The third kappa shape index (κ3) is 4.35. The Kier molecular flexibility index (Phi) is 6.36. The zero-order chi connectivity index (χ0) is 15.4. The van der Waals surface area contributed by atoms with Crippen LogP contribution in [0, 0.1) is 0 Å². The smallest absolute Gasteiger partial charge is 0.0468 e. The zero-order valence-electron chi connectivity index (χ0n) is 13.2. The van der Waals surface area contributed by atoms with Crippen molar-refractivity contribution in [2.45, 2.75) is 58.2 Å². The molecule has 1 aliphatic rings. The molecule has 0 aliphatic carbocycles. The van der Waals surface area contributed by atoms with E-state index < -0.39 is 0 Å². The van der Waals surface area contributed by atoms with Gasteiger partial charge in [-0.05, 0) is 57.4 Å². The lowest BCUT2D eigenvalue weighted by molar-refractivity contribution is 0.0956. The van der Waals surface area contributed by atoms with Crippen molar-refractivity contribution in [1.82, 2.24) is 10.2 Å². The van der Waals surface area contributed by atoms with E-state index in [-0.39, 0.29) is 0 Å². The van der Waals surface area contributed by atoms with Crippen LogP contribution in [0.4, 0.5) is 0 Å². The van der Waals surface area contributed by atoms with Gasteiger partial charge in [0.05, 0.1) is 0 Å². The first kappa shape index (κ1) is 17.1. The van der Waals surface area contributed by atoms with E-state index in [1.165, 1.54) is 24.8 Å². The van der Waals surface area contributed by atoms with E-state index >= 15 is 0 Å². The summed E-state index contributed by atoms with van der Waals surface area (Å²) in [6.45, 7) is 9.01. The predicted octanol–water partition coefficient (Wildman–Crippen LogP) is 4.91. The fourth-order valence-electron chi connectivity index (χ4n) is 3.32. The molecule has 0 saturated carbocycles. The SMILES string of the molecule is CCCNC1CCN(C(C)c2ccc(Cl)cc2Cl)C(C)C1. The van der Waals surface area contributed by atoms with Gasteiger partial charge in [-0.1, -0.05) is 36.2 Å². The third-order valence-electron chi connectivity index (χ3n) is 4.52. The van der Waals surface area contributed by atoms with Crippen molar-refractivity contribution in [2.24, 2.45) is 0 Å². The van der Waals surface area contributed by atoms with Gasteiger partial charge in [0.1, 0.15) is 0 Å². The summed E-state index contributed by atoms with van der Waals surface area (Å²) >= 11 is 12.4. The minimum absolute atomic E-state index is 0.330. The van der Waals surface area contributed by atoms with E-state index in [1.807, 2.05) is 12.1 Å². The van der Waals surface area contributed by atoms with Gasteiger partial charge in [0.2, 0.25) is 0 Å². The standard InChI is InChI=1S/C17H26Cl2N2/c1-4-8-20-15-7-9-21(12(2)10-15)13(3)16-6-5-14(18)11-17(16)19/h5-6,11-13,15,20H,4,7-10H2,1-3H3. The quantitative estimate of drug-likeness (QED) is 0.826. The van der Waals surface area contributed by atoms with Crippen molar-refractivity contribution in [3.05, 3.63) is 33.8 Å². The van der Waals surface area contributed by atoms with Crippen LogP contribution in [0.3, 0.4) is 0 Å². The summed E-state index contributed by atoms with van der Waals surface area (Å²) in [6, 6.07) is 7.38. The monoisotopic (exact) mass is 328 g/mol. The molecular formula is C17H26Cl2N2. The highest BCUT2D eigenvalue weighted by molar-refractivity contribution is 6.35. The van der Waals surface area contributed by atoms with Crippen LogP contribution in [-0.2, 0) is 0 Å². The second kappa shape index (κ2) is 7.82. The predicted molar refractivity (Wildman–Crippen MR) is 92.4 cm³/mol. The number of piperidine rings is 1. The molecule has 0 amide bonds. The first-order chi connectivity index (χ1) is 10.0. The molecule has 118 valence electrons. The average Bonchev–Trinajstić information content (AvgIpc) is 2.44. The Hall–Kier alpha value is -0.280. The van der Waals surface area contributed by atoms with Crippen molar-refractivity contribution in [3.8, 4) is 0 Å². The molecule has 1 aliphatic heterocycles. The molecule has 4 heteroatoms. The van der Waals surface area contributed by atoms with Crippen molar-refractivity contribution in [3.63, 3.8) is 0 Å². The van der Waals surface area contributed by atoms with Gasteiger partial charge in [-0.3, -0.25) is 4.90 Å². The number of hydrogen-bond donors (Lipinski definition) is 1. The van der Waals surface area contributed by atoms with Crippen LogP contribution in [0.2, 0.25) is 10.0 Å². The molecule has 1 heterocycles. The van der Waals surface area contributed by atoms with Crippen LogP contribution in [0.25, 0.3) is 0 Å². The van der Waals surface area contributed by atoms with E-state index in [2.05, 4.69) is 37.1 Å². The molecular weight excluding hydrogens is 303 g/mol. The lowest BCUT2D eigenvalue weighted by Gasteiger charge is -2.42. The summed E-state index contributed by atoms with van der Waals surface area (Å²) in [7, 11) is 0. The molecule has 2 rings (SSSR count). The molecule has 1 fully saturated rings. The Bertz CT molecular complexity index is 464. The molecule has 0 aromatic heterocycles. The Morgan fingerprint density at radius 1 is 1.38 bits per heavy atom. The highest BCUT2D eigenvalue weighted by Gasteiger charge is 2.29. The Balaban J connectivity index is 2.01. The van der Waals surface area contributed by atoms with Crippen LogP contribution in [-0.4, -0.2) is 30.1 Å². The van der Waals surface area contributed by atoms with Crippen LogP contribution < -0.4 is 5.32 Å². The number of nitrogens with one attached hydrogen (secondary N) is 1. The number of halogens is 2. The highest BCUT2D eigenvalue weighted by atomic mass is 35.5. The summed E-state index contributed by atoms with van der Waals surface area (Å²) in [5.41, 5.74) is 1.17. The number of nitrogens with zero attached hydrogens (tertiary/aromatic N) is 1. The summed E-state index contributed by atoms with van der Waals surface area (Å²) in [6.07, 6.45) is 3.61. The van der Waals surface area contributed by atoms with Crippen LogP contribution in [0.5, 0.6) is 0 Å². The molecule has 1 aromatic carbocycles. The van der Waals surface area contributed by atoms with Crippen LogP contribution in [0.1, 0.15) is 51.6 Å². The molecule has 3 atom stereocenters. The van der Waals surface area contributed by atoms with Crippen molar-refractivity contribution >= 4 is 23.2 Å². The second-order valence-electron chi connectivity index (χ2n) is 6.10. The second-order valence-corrected chi connectivity index (χ2v) is 6.95. The van der Waals surface area contributed by atoms with E-state index in [9.17, 15) is 0 Å². The summed E-state index contributed by atoms with van der Waals surface area (Å²) in [5, 5.41) is 5.12. The maximum Gasteiger partial charge on any atom is 0.0468 e. The maximum absolute atomic E-state index is 6.37. The summed E-state index contributed by atoms with van der Waals surface area (Å²) in [4.78, 5) is 2.55. The fourth-order valence-corrected chi connectivity index (χ4v) is 3.88. The van der Waals surface area contributed by atoms with Gasteiger partial charge >= 0.3 is 0 Å². The van der Waals surface area contributed by atoms with E-state index in [0.29, 0.717) is 23.1 Å². The Morgan fingerprint density at radius 2 is 2.14 bits per heavy atom. The van der Waals surface area contributed by atoms with Crippen LogP contribution >= 0.6 is 23.2 Å². The number of benzene rings is 1. The Labute approximate surface area is 138 Å². The zero-order valence-corrected chi connectivity index (χ0v) is 14.7.